The molecule has 1 amide bonds. The molecule has 1 aliphatic rings. The first-order valence-electron chi connectivity index (χ1n) is 7.04. The van der Waals surface area contributed by atoms with Crippen molar-refractivity contribution < 1.29 is 19.1 Å². The number of aliphatic carboxylic acids is 1. The minimum Gasteiger partial charge on any atom is -0.481 e. The summed E-state index contributed by atoms with van der Waals surface area (Å²) in [6, 6.07) is 5.51. The zero-order chi connectivity index (χ0) is 15.2. The monoisotopic (exact) mass is 290 g/mol. The highest BCUT2D eigenvalue weighted by atomic mass is 16.4. The number of hydrogen-bond acceptors (Lipinski definition) is 4. The maximum Gasteiger partial charge on any atom is 0.307 e. The van der Waals surface area contributed by atoms with Crippen molar-refractivity contribution in [2.75, 3.05) is 6.54 Å². The van der Waals surface area contributed by atoms with Gasteiger partial charge in [0.15, 0.2) is 0 Å². The van der Waals surface area contributed by atoms with Gasteiger partial charge in [-0.05, 0) is 25.0 Å². The largest absolute Gasteiger partial charge is 0.481 e. The van der Waals surface area contributed by atoms with Crippen LogP contribution in [0, 0.1) is 23.2 Å². The number of carboxylic acids is 1. The van der Waals surface area contributed by atoms with E-state index in [1.54, 1.807) is 12.1 Å². The zero-order valence-corrected chi connectivity index (χ0v) is 11.7. The summed E-state index contributed by atoms with van der Waals surface area (Å²) in [5.74, 6) is -1.57. The molecule has 112 valence electrons. The second kappa shape index (κ2) is 6.93. The Morgan fingerprint density at radius 1 is 1.43 bits per heavy atom. The second-order valence-corrected chi connectivity index (χ2v) is 5.23. The van der Waals surface area contributed by atoms with E-state index in [2.05, 4.69) is 0 Å². The molecule has 0 radical (unpaired) electrons. The Hall–Kier alpha value is -2.29. The fourth-order valence-electron chi connectivity index (χ4n) is 2.83. The minimum atomic E-state index is -0.913. The summed E-state index contributed by atoms with van der Waals surface area (Å²) in [5, 5.41) is 17.9. The van der Waals surface area contributed by atoms with Crippen molar-refractivity contribution >= 4 is 11.9 Å². The first kappa shape index (κ1) is 15.1. The molecule has 1 aromatic heterocycles. The van der Waals surface area contributed by atoms with Crippen LogP contribution in [0.15, 0.2) is 22.8 Å². The van der Waals surface area contributed by atoms with E-state index in [0.29, 0.717) is 25.1 Å². The fraction of sp³-hybridized carbons (Fsp3) is 0.533. The van der Waals surface area contributed by atoms with Gasteiger partial charge < -0.3 is 14.4 Å². The maximum atomic E-state index is 12.6. The van der Waals surface area contributed by atoms with Crippen LogP contribution in [0.2, 0.25) is 0 Å². The van der Waals surface area contributed by atoms with E-state index in [1.807, 2.05) is 6.07 Å². The molecule has 2 rings (SSSR count). The van der Waals surface area contributed by atoms with Gasteiger partial charge in [-0.3, -0.25) is 9.59 Å². The molecule has 2 atom stereocenters. The topological polar surface area (TPSA) is 94.5 Å². The molecule has 0 spiro atoms. The van der Waals surface area contributed by atoms with Gasteiger partial charge in [0.2, 0.25) is 5.91 Å². The van der Waals surface area contributed by atoms with Crippen molar-refractivity contribution in [3.8, 4) is 6.07 Å². The number of nitriles is 1. The van der Waals surface area contributed by atoms with Gasteiger partial charge in [0.25, 0.3) is 0 Å². The standard InChI is InChI=1S/C15H18N2O4/c16-7-3-8-17(10-11-4-2-9-21-11)14(18)12-5-1-6-13(12)15(19)20/h2,4,9,12-13H,1,3,5-6,8,10H2,(H,19,20)/t12-,13+/m1/s1. The Bertz CT molecular complexity index is 532. The quantitative estimate of drug-likeness (QED) is 0.864. The average molecular weight is 290 g/mol. The lowest BCUT2D eigenvalue weighted by molar-refractivity contribution is -0.149. The second-order valence-electron chi connectivity index (χ2n) is 5.23. The summed E-state index contributed by atoms with van der Waals surface area (Å²) in [4.78, 5) is 25.4. The van der Waals surface area contributed by atoms with Gasteiger partial charge in [0, 0.05) is 6.54 Å². The predicted molar refractivity (Wildman–Crippen MR) is 72.8 cm³/mol. The molecule has 1 fully saturated rings. The number of hydrogen-bond donors (Lipinski definition) is 1. The van der Waals surface area contributed by atoms with Gasteiger partial charge in [-0.2, -0.15) is 5.26 Å². The first-order valence-corrected chi connectivity index (χ1v) is 7.04. The highest BCUT2D eigenvalue weighted by Gasteiger charge is 2.39. The van der Waals surface area contributed by atoms with Crippen LogP contribution < -0.4 is 0 Å². The number of furan rings is 1. The molecule has 1 saturated carbocycles. The lowest BCUT2D eigenvalue weighted by atomic mass is 9.94. The van der Waals surface area contributed by atoms with Crippen LogP contribution in [0.1, 0.15) is 31.4 Å². The third-order valence-corrected chi connectivity index (χ3v) is 3.88. The van der Waals surface area contributed by atoms with E-state index in [4.69, 9.17) is 9.68 Å². The summed E-state index contributed by atoms with van der Waals surface area (Å²) in [7, 11) is 0. The van der Waals surface area contributed by atoms with E-state index >= 15 is 0 Å². The third kappa shape index (κ3) is 3.63. The zero-order valence-electron chi connectivity index (χ0n) is 11.7. The fourth-order valence-corrected chi connectivity index (χ4v) is 2.83. The molecule has 0 aromatic carbocycles. The van der Waals surface area contributed by atoms with Crippen molar-refractivity contribution in [2.24, 2.45) is 11.8 Å². The highest BCUT2D eigenvalue weighted by molar-refractivity contribution is 5.85. The number of nitrogens with zero attached hydrogens (tertiary/aromatic N) is 2. The van der Waals surface area contributed by atoms with Crippen molar-refractivity contribution in [2.45, 2.75) is 32.2 Å². The lowest BCUT2D eigenvalue weighted by Crippen LogP contribution is -2.39. The minimum absolute atomic E-state index is 0.188. The lowest BCUT2D eigenvalue weighted by Gasteiger charge is -2.25. The van der Waals surface area contributed by atoms with E-state index in [1.165, 1.54) is 11.2 Å². The van der Waals surface area contributed by atoms with E-state index < -0.39 is 17.8 Å². The molecule has 6 heteroatoms. The Labute approximate surface area is 123 Å². The molecule has 6 nitrogen and oxygen atoms in total. The van der Waals surface area contributed by atoms with E-state index in [-0.39, 0.29) is 18.9 Å². The highest BCUT2D eigenvalue weighted by Crippen LogP contribution is 2.33. The summed E-state index contributed by atoms with van der Waals surface area (Å²) < 4.78 is 5.24. The third-order valence-electron chi connectivity index (χ3n) is 3.88. The first-order chi connectivity index (χ1) is 10.1. The summed E-state index contributed by atoms with van der Waals surface area (Å²) in [6.45, 7) is 0.565. The van der Waals surface area contributed by atoms with Gasteiger partial charge in [-0.25, -0.2) is 0 Å². The van der Waals surface area contributed by atoms with Crippen LogP contribution >= 0.6 is 0 Å². The smallest absolute Gasteiger partial charge is 0.307 e. The Morgan fingerprint density at radius 2 is 2.19 bits per heavy atom. The Kier molecular flexibility index (Phi) is 4.99. The number of carbonyl (C=O) groups excluding carboxylic acids is 1. The van der Waals surface area contributed by atoms with E-state index in [0.717, 1.165) is 6.42 Å². The van der Waals surface area contributed by atoms with Crippen molar-refractivity contribution in [3.05, 3.63) is 24.2 Å². The van der Waals surface area contributed by atoms with Gasteiger partial charge >= 0.3 is 5.97 Å². The number of rotatable bonds is 6. The van der Waals surface area contributed by atoms with Crippen molar-refractivity contribution in [1.82, 2.24) is 4.90 Å². The summed E-state index contributed by atoms with van der Waals surface area (Å²) >= 11 is 0. The van der Waals surface area contributed by atoms with Gasteiger partial charge in [-0.1, -0.05) is 6.42 Å². The van der Waals surface area contributed by atoms with Crippen LogP contribution in [0.3, 0.4) is 0 Å². The van der Waals surface area contributed by atoms with Gasteiger partial charge in [0.1, 0.15) is 5.76 Å². The molecule has 21 heavy (non-hydrogen) atoms. The molecule has 0 aliphatic heterocycles. The molecule has 1 heterocycles. The summed E-state index contributed by atoms with van der Waals surface area (Å²) in [5.41, 5.74) is 0. The van der Waals surface area contributed by atoms with Crippen LogP contribution in [0.25, 0.3) is 0 Å². The Balaban J connectivity index is 2.09. The van der Waals surface area contributed by atoms with E-state index in [9.17, 15) is 14.7 Å². The molecule has 0 unspecified atom stereocenters. The molecule has 0 bridgehead atoms. The van der Waals surface area contributed by atoms with Crippen molar-refractivity contribution in [1.29, 1.82) is 5.26 Å². The molecular weight excluding hydrogens is 272 g/mol. The summed E-state index contributed by atoms with van der Waals surface area (Å²) in [6.07, 6.45) is 3.63. The average Bonchev–Trinajstić information content (AvgIpc) is 3.13. The number of carbonyl (C=O) groups is 2. The number of carboxylic acid groups (broad SMARTS) is 1. The molecule has 1 aliphatic carbocycles. The van der Waals surface area contributed by atoms with Gasteiger partial charge in [0.05, 0.1) is 37.1 Å². The maximum absolute atomic E-state index is 12.6. The molecule has 0 saturated heterocycles. The molecule has 1 N–H and O–H groups in total. The van der Waals surface area contributed by atoms with Gasteiger partial charge in [-0.15, -0.1) is 0 Å². The number of amides is 1. The van der Waals surface area contributed by atoms with Crippen LogP contribution in [0.4, 0.5) is 0 Å². The molecular formula is C15H18N2O4. The van der Waals surface area contributed by atoms with Crippen LogP contribution in [-0.4, -0.2) is 28.4 Å². The Morgan fingerprint density at radius 3 is 2.81 bits per heavy atom. The SMILES string of the molecule is N#CCCN(Cc1ccco1)C(=O)[C@@H]1CCC[C@@H]1C(=O)O. The molecule has 1 aromatic rings. The normalized spacial score (nSPS) is 20.9. The predicted octanol–water partition coefficient (Wildman–Crippen LogP) is 2.02. The van der Waals surface area contributed by atoms with Crippen molar-refractivity contribution in [3.63, 3.8) is 0 Å². The van der Waals surface area contributed by atoms with Crippen LogP contribution in [0.5, 0.6) is 0 Å². The van der Waals surface area contributed by atoms with Crippen LogP contribution in [-0.2, 0) is 16.1 Å².